The molecule has 3 aromatic carbocycles. The Kier molecular flexibility index (Phi) is 9.56. The van der Waals surface area contributed by atoms with Crippen molar-refractivity contribution in [1.29, 1.82) is 0 Å². The number of hydrogen-bond donors (Lipinski definition) is 3. The summed E-state index contributed by atoms with van der Waals surface area (Å²) in [5.74, 6) is -2.02. The first-order valence-electron chi connectivity index (χ1n) is 17.6. The van der Waals surface area contributed by atoms with Crippen LogP contribution >= 0.6 is 11.3 Å². The number of nitrogens with zero attached hydrogens (tertiary/aromatic N) is 6. The Morgan fingerprint density at radius 3 is 2.52 bits per heavy atom. The Hall–Kier alpha value is -6.06. The first kappa shape index (κ1) is 35.0. The minimum Gasteiger partial charge on any atom is -0.508 e. The zero-order valence-electron chi connectivity index (χ0n) is 28.9. The highest BCUT2D eigenvalue weighted by molar-refractivity contribution is 7.13. The van der Waals surface area contributed by atoms with Crippen LogP contribution in [0.2, 0.25) is 0 Å². The molecule has 4 amide bonds. The normalized spacial score (nSPS) is 18.0. The predicted molar refractivity (Wildman–Crippen MR) is 198 cm³/mol. The van der Waals surface area contributed by atoms with Crippen molar-refractivity contribution >= 4 is 45.9 Å². The molecule has 0 spiro atoms. The molecule has 3 N–H and O–H groups in total. The lowest BCUT2D eigenvalue weighted by Gasteiger charge is -2.35. The van der Waals surface area contributed by atoms with Gasteiger partial charge in [0, 0.05) is 74.0 Å². The number of amides is 4. The topological polar surface area (TPSA) is 161 Å². The van der Waals surface area contributed by atoms with Crippen molar-refractivity contribution in [2.24, 2.45) is 0 Å². The molecule has 2 aromatic heterocycles. The fraction of sp³-hybridized carbons (Fsp3) is 0.256. The van der Waals surface area contributed by atoms with Gasteiger partial charge in [-0.1, -0.05) is 36.4 Å². The van der Waals surface area contributed by atoms with E-state index in [0.717, 1.165) is 67.9 Å². The summed E-state index contributed by atoms with van der Waals surface area (Å²) in [6.45, 7) is 4.05. The van der Waals surface area contributed by atoms with Crippen molar-refractivity contribution in [2.45, 2.75) is 37.9 Å². The second kappa shape index (κ2) is 14.8. The smallest absolute Gasteiger partial charge is 0.255 e. The molecule has 0 bridgehead atoms. The number of aromatic nitrogens is 3. The maximum Gasteiger partial charge on any atom is 0.255 e. The Bertz CT molecular complexity index is 2230. The molecule has 0 saturated carbocycles. The van der Waals surface area contributed by atoms with Gasteiger partial charge in [0.2, 0.25) is 11.8 Å². The number of phenolic OH excluding ortho intramolecular Hbond substituents is 1. The van der Waals surface area contributed by atoms with Crippen LogP contribution < -0.4 is 15.5 Å². The number of carbonyl (C=O) groups is 4. The van der Waals surface area contributed by atoms with Crippen molar-refractivity contribution < 1.29 is 28.7 Å². The van der Waals surface area contributed by atoms with Crippen molar-refractivity contribution in [3.63, 3.8) is 0 Å². The van der Waals surface area contributed by atoms with E-state index in [-0.39, 0.29) is 35.6 Å². The lowest BCUT2D eigenvalue weighted by molar-refractivity contribution is -0.134. The number of rotatable bonds is 9. The van der Waals surface area contributed by atoms with Gasteiger partial charge >= 0.3 is 0 Å². The molecule has 8 rings (SSSR count). The first-order chi connectivity index (χ1) is 26.2. The number of piperidine rings is 1. The van der Waals surface area contributed by atoms with Crippen molar-refractivity contribution in [3.8, 4) is 17.0 Å². The zero-order chi connectivity index (χ0) is 37.3. The number of nitrogens with one attached hydrogen (secondary N) is 2. The van der Waals surface area contributed by atoms with Crippen LogP contribution in [0.1, 0.15) is 57.4 Å². The average Bonchev–Trinajstić information content (AvgIpc) is 3.81. The van der Waals surface area contributed by atoms with E-state index in [1.165, 1.54) is 22.4 Å². The number of hydrogen-bond acceptors (Lipinski definition) is 11. The van der Waals surface area contributed by atoms with Gasteiger partial charge in [0.15, 0.2) is 10.9 Å². The molecule has 0 radical (unpaired) electrons. The van der Waals surface area contributed by atoms with Crippen molar-refractivity contribution in [3.05, 3.63) is 118 Å². The molecular weight excluding hydrogens is 712 g/mol. The Morgan fingerprint density at radius 1 is 0.981 bits per heavy atom. The molecule has 5 heterocycles. The van der Waals surface area contributed by atoms with Crippen LogP contribution in [0.5, 0.6) is 5.75 Å². The van der Waals surface area contributed by atoms with Crippen LogP contribution in [0.25, 0.3) is 11.3 Å². The number of halogens is 1. The minimum atomic E-state index is -1.32. The number of piperazine rings is 1. The van der Waals surface area contributed by atoms with E-state index in [2.05, 4.69) is 35.6 Å². The molecule has 2 fully saturated rings. The molecule has 3 aliphatic rings. The second-order valence-electron chi connectivity index (χ2n) is 13.5. The van der Waals surface area contributed by atoms with Crippen LogP contribution in [0.15, 0.2) is 84.4 Å². The predicted octanol–water partition coefficient (Wildman–Crippen LogP) is 4.62. The van der Waals surface area contributed by atoms with Gasteiger partial charge in [0.1, 0.15) is 17.6 Å². The molecule has 54 heavy (non-hydrogen) atoms. The lowest BCUT2D eigenvalue weighted by atomic mass is 9.90. The largest absolute Gasteiger partial charge is 0.508 e. The molecule has 15 heteroatoms. The summed E-state index contributed by atoms with van der Waals surface area (Å²) in [5, 5.41) is 26.8. The molecule has 274 valence electrons. The van der Waals surface area contributed by atoms with E-state index in [0.29, 0.717) is 40.4 Å². The third-order valence-corrected chi connectivity index (χ3v) is 10.8. The van der Waals surface area contributed by atoms with E-state index >= 15 is 0 Å². The quantitative estimate of drug-likeness (QED) is 0.182. The van der Waals surface area contributed by atoms with Crippen LogP contribution in [-0.4, -0.2) is 79.9 Å². The maximum atomic E-state index is 14.4. The van der Waals surface area contributed by atoms with Gasteiger partial charge in [-0.05, 0) is 59.5 Å². The average molecular weight is 747 g/mol. The standard InChI is InChI=1S/C39H35FN8O5S/c40-27-7-10-32(49)30(20-27)35(37(52)43-39-41-13-18-54-39)48-22-26-6-5-25(19-29(26)38(48)53)31-9-11-33(45-44-31)47-16-14-46(15-17-47)21-23-1-3-24(4-2-23)28-8-12-34(50)42-36(28)51/h1-7,9-11,13,18-20,28,35,49H,8,12,14-17,21-22H2,(H,41,43,52)(H,42,50,51). The van der Waals surface area contributed by atoms with Crippen LogP contribution in [-0.2, 0) is 27.5 Å². The van der Waals surface area contributed by atoms with E-state index in [9.17, 15) is 28.7 Å². The number of benzene rings is 3. The highest BCUT2D eigenvalue weighted by atomic mass is 32.1. The minimum absolute atomic E-state index is 0.0339. The van der Waals surface area contributed by atoms with Gasteiger partial charge in [0.05, 0.1) is 11.6 Å². The number of phenols is 1. The van der Waals surface area contributed by atoms with Gasteiger partial charge in [-0.3, -0.25) is 34.7 Å². The molecule has 3 aliphatic heterocycles. The van der Waals surface area contributed by atoms with E-state index < -0.39 is 23.7 Å². The summed E-state index contributed by atoms with van der Waals surface area (Å²) < 4.78 is 14.4. The fourth-order valence-corrected chi connectivity index (χ4v) is 7.79. The molecule has 2 atom stereocenters. The summed E-state index contributed by atoms with van der Waals surface area (Å²) in [7, 11) is 0. The highest BCUT2D eigenvalue weighted by Crippen LogP contribution is 2.38. The van der Waals surface area contributed by atoms with E-state index in [1.54, 1.807) is 17.5 Å². The Morgan fingerprint density at radius 2 is 1.80 bits per heavy atom. The summed E-state index contributed by atoms with van der Waals surface area (Å²) >= 11 is 1.20. The number of thiazole rings is 1. The summed E-state index contributed by atoms with van der Waals surface area (Å²) in [5.41, 5.74) is 4.35. The van der Waals surface area contributed by atoms with Crippen LogP contribution in [0.4, 0.5) is 15.3 Å². The SMILES string of the molecule is O=C1CCC(c2ccc(CN3CCN(c4ccc(-c5ccc6c(c5)C(=O)N(C(C(=O)Nc5nccs5)c5cc(F)ccc5O)C6)nn4)CC3)cc2)C(=O)N1. The Labute approximate surface area is 313 Å². The van der Waals surface area contributed by atoms with Crippen molar-refractivity contribution in [2.75, 3.05) is 36.4 Å². The lowest BCUT2D eigenvalue weighted by Crippen LogP contribution is -2.46. The molecular formula is C39H35FN8O5S. The van der Waals surface area contributed by atoms with Crippen molar-refractivity contribution in [1.82, 2.24) is 30.3 Å². The molecule has 0 aliphatic carbocycles. The number of carbonyl (C=O) groups excluding carboxylic acids is 4. The number of anilines is 2. The molecule has 2 unspecified atom stereocenters. The third kappa shape index (κ3) is 7.15. The monoisotopic (exact) mass is 746 g/mol. The number of aromatic hydroxyl groups is 1. The maximum absolute atomic E-state index is 14.4. The van der Waals surface area contributed by atoms with Crippen LogP contribution in [0, 0.1) is 5.82 Å². The molecule has 2 saturated heterocycles. The molecule has 13 nitrogen and oxygen atoms in total. The van der Waals surface area contributed by atoms with E-state index in [4.69, 9.17) is 0 Å². The summed E-state index contributed by atoms with van der Waals surface area (Å²) in [6.07, 6.45) is 2.42. The summed E-state index contributed by atoms with van der Waals surface area (Å²) in [6, 6.07) is 19.2. The first-order valence-corrected chi connectivity index (χ1v) is 18.4. The van der Waals surface area contributed by atoms with Crippen LogP contribution in [0.3, 0.4) is 0 Å². The summed E-state index contributed by atoms with van der Waals surface area (Å²) in [4.78, 5) is 61.2. The zero-order valence-corrected chi connectivity index (χ0v) is 29.8. The highest BCUT2D eigenvalue weighted by Gasteiger charge is 2.39. The van der Waals surface area contributed by atoms with Gasteiger partial charge in [-0.15, -0.1) is 21.5 Å². The van der Waals surface area contributed by atoms with Gasteiger partial charge in [-0.2, -0.15) is 0 Å². The Balaban J connectivity index is 0.909. The number of fused-ring (bicyclic) bond motifs is 1. The third-order valence-electron chi connectivity index (χ3n) is 10.1. The van der Waals surface area contributed by atoms with Gasteiger partial charge in [-0.25, -0.2) is 9.37 Å². The fourth-order valence-electron chi connectivity index (χ4n) is 7.25. The van der Waals surface area contributed by atoms with Gasteiger partial charge < -0.3 is 14.9 Å². The van der Waals surface area contributed by atoms with E-state index in [1.807, 2.05) is 42.5 Å². The van der Waals surface area contributed by atoms with Gasteiger partial charge in [0.25, 0.3) is 11.8 Å². The second-order valence-corrected chi connectivity index (χ2v) is 14.4. The number of imide groups is 1. The molecule has 5 aromatic rings.